The van der Waals surface area contributed by atoms with Gasteiger partial charge in [-0.15, -0.1) is 0 Å². The summed E-state index contributed by atoms with van der Waals surface area (Å²) in [6.45, 7) is 0.581. The van der Waals surface area contributed by atoms with Crippen LogP contribution >= 0.6 is 0 Å². The van der Waals surface area contributed by atoms with Crippen LogP contribution in [0.2, 0.25) is 0 Å². The lowest BCUT2D eigenvalue weighted by Crippen LogP contribution is -2.14. The third kappa shape index (κ3) is 2.65. The topological polar surface area (TPSA) is 30.9 Å². The van der Waals surface area contributed by atoms with E-state index in [0.29, 0.717) is 6.54 Å². The molecule has 0 radical (unpaired) electrons. The van der Waals surface area contributed by atoms with E-state index in [1.54, 1.807) is 0 Å². The van der Waals surface area contributed by atoms with Crippen molar-refractivity contribution in [2.24, 2.45) is 12.8 Å². The molecule has 2 heteroatoms. The predicted molar refractivity (Wildman–Crippen MR) is 106 cm³/mol. The molecule has 4 rings (SSSR count). The highest BCUT2D eigenvalue weighted by Crippen LogP contribution is 2.39. The molecule has 1 atom stereocenters. The third-order valence-corrected chi connectivity index (χ3v) is 4.98. The number of fused-ring (bicyclic) bond motifs is 1. The zero-order valence-corrected chi connectivity index (χ0v) is 14.4. The molecule has 0 saturated carbocycles. The Kier molecular flexibility index (Phi) is 4.12. The molecule has 0 amide bonds. The lowest BCUT2D eigenvalue weighted by atomic mass is 9.87. The van der Waals surface area contributed by atoms with Gasteiger partial charge in [0.1, 0.15) is 0 Å². The molecule has 1 unspecified atom stereocenters. The molecular formula is C23H22N2. The number of aryl methyl sites for hydroxylation is 1. The second-order valence-electron chi connectivity index (χ2n) is 6.40. The number of hydrogen-bond donors (Lipinski definition) is 1. The van der Waals surface area contributed by atoms with E-state index in [2.05, 4.69) is 96.5 Å². The summed E-state index contributed by atoms with van der Waals surface area (Å²) in [6, 6.07) is 29.8. The van der Waals surface area contributed by atoms with Crippen LogP contribution in [-0.2, 0) is 7.05 Å². The maximum atomic E-state index is 6.27. The third-order valence-electron chi connectivity index (χ3n) is 4.98. The molecule has 0 bridgehead atoms. The molecule has 3 aromatic carbocycles. The summed E-state index contributed by atoms with van der Waals surface area (Å²) in [5.41, 5.74) is 12.6. The molecule has 0 aliphatic carbocycles. The Labute approximate surface area is 148 Å². The summed E-state index contributed by atoms with van der Waals surface area (Å²) >= 11 is 0. The zero-order valence-electron chi connectivity index (χ0n) is 14.4. The molecule has 0 spiro atoms. The van der Waals surface area contributed by atoms with Crippen molar-refractivity contribution in [2.45, 2.75) is 5.92 Å². The van der Waals surface area contributed by atoms with E-state index in [1.807, 2.05) is 0 Å². The van der Waals surface area contributed by atoms with E-state index in [4.69, 9.17) is 5.73 Å². The van der Waals surface area contributed by atoms with E-state index in [9.17, 15) is 0 Å². The number of hydrogen-bond acceptors (Lipinski definition) is 1. The molecule has 0 saturated heterocycles. The van der Waals surface area contributed by atoms with Crippen molar-refractivity contribution in [3.8, 4) is 11.3 Å². The highest BCUT2D eigenvalue weighted by atomic mass is 15.0. The predicted octanol–water partition coefficient (Wildman–Crippen LogP) is 4.94. The summed E-state index contributed by atoms with van der Waals surface area (Å²) in [5.74, 6) is 0.169. The van der Waals surface area contributed by atoms with Crippen molar-refractivity contribution in [3.05, 3.63) is 96.1 Å². The first-order valence-electron chi connectivity index (χ1n) is 8.69. The fourth-order valence-corrected chi connectivity index (χ4v) is 3.83. The summed E-state index contributed by atoms with van der Waals surface area (Å²) < 4.78 is 2.30. The average Bonchev–Trinajstić information content (AvgIpc) is 2.97. The molecule has 0 fully saturated rings. The molecule has 2 nitrogen and oxygen atoms in total. The van der Waals surface area contributed by atoms with Crippen LogP contribution in [0, 0.1) is 0 Å². The van der Waals surface area contributed by atoms with Gasteiger partial charge in [0.15, 0.2) is 0 Å². The molecule has 4 aromatic rings. The lowest BCUT2D eigenvalue weighted by Gasteiger charge is -2.18. The van der Waals surface area contributed by atoms with Crippen molar-refractivity contribution in [1.82, 2.24) is 4.57 Å². The van der Waals surface area contributed by atoms with Crippen LogP contribution in [0.15, 0.2) is 84.9 Å². The maximum Gasteiger partial charge on any atom is 0.0527 e. The molecular weight excluding hydrogens is 304 g/mol. The van der Waals surface area contributed by atoms with Gasteiger partial charge in [0.25, 0.3) is 0 Å². The highest BCUT2D eigenvalue weighted by Gasteiger charge is 2.23. The molecule has 0 aliphatic heterocycles. The standard InChI is InChI=1S/C23H22N2/c1-25-21-15-9-8-14-19(21)22(23(25)18-12-6-3-7-13-18)20(16-24)17-10-4-2-5-11-17/h2-15,20H,16,24H2,1H3. The molecule has 1 heterocycles. The van der Waals surface area contributed by atoms with Gasteiger partial charge in [-0.05, 0) is 22.8 Å². The first-order chi connectivity index (χ1) is 12.3. The Hall–Kier alpha value is -2.84. The van der Waals surface area contributed by atoms with Gasteiger partial charge >= 0.3 is 0 Å². The van der Waals surface area contributed by atoms with Crippen LogP contribution in [-0.4, -0.2) is 11.1 Å². The van der Waals surface area contributed by atoms with Crippen molar-refractivity contribution >= 4 is 10.9 Å². The summed E-state index contributed by atoms with van der Waals surface area (Å²) in [5, 5.41) is 1.28. The Morgan fingerprint density at radius 3 is 2.08 bits per heavy atom. The minimum absolute atomic E-state index is 0.169. The largest absolute Gasteiger partial charge is 0.343 e. The van der Waals surface area contributed by atoms with E-state index in [-0.39, 0.29) is 5.92 Å². The number of nitrogens with zero attached hydrogens (tertiary/aromatic N) is 1. The minimum Gasteiger partial charge on any atom is -0.343 e. The summed E-state index contributed by atoms with van der Waals surface area (Å²) in [4.78, 5) is 0. The number of aromatic nitrogens is 1. The average molecular weight is 326 g/mol. The normalized spacial score (nSPS) is 12.4. The van der Waals surface area contributed by atoms with Gasteiger partial charge in [0, 0.05) is 30.4 Å². The van der Waals surface area contributed by atoms with Gasteiger partial charge < -0.3 is 10.3 Å². The fourth-order valence-electron chi connectivity index (χ4n) is 3.83. The van der Waals surface area contributed by atoms with Crippen LogP contribution in [0.25, 0.3) is 22.2 Å². The zero-order chi connectivity index (χ0) is 17.2. The molecule has 124 valence electrons. The fraction of sp³-hybridized carbons (Fsp3) is 0.130. The van der Waals surface area contributed by atoms with Crippen LogP contribution < -0.4 is 5.73 Å². The van der Waals surface area contributed by atoms with Gasteiger partial charge in [-0.25, -0.2) is 0 Å². The molecule has 25 heavy (non-hydrogen) atoms. The quantitative estimate of drug-likeness (QED) is 0.566. The van der Waals surface area contributed by atoms with Gasteiger partial charge in [-0.2, -0.15) is 0 Å². The number of benzene rings is 3. The SMILES string of the molecule is Cn1c(-c2ccccc2)c(C(CN)c2ccccc2)c2ccccc21. The van der Waals surface area contributed by atoms with Crippen LogP contribution in [0.3, 0.4) is 0 Å². The van der Waals surface area contributed by atoms with Crippen LogP contribution in [0.5, 0.6) is 0 Å². The van der Waals surface area contributed by atoms with Crippen molar-refractivity contribution in [3.63, 3.8) is 0 Å². The van der Waals surface area contributed by atoms with Gasteiger partial charge in [-0.3, -0.25) is 0 Å². The Morgan fingerprint density at radius 2 is 1.40 bits per heavy atom. The Balaban J connectivity index is 2.05. The molecule has 0 aliphatic rings. The smallest absolute Gasteiger partial charge is 0.0527 e. The molecule has 2 N–H and O–H groups in total. The summed E-state index contributed by atoms with van der Waals surface area (Å²) in [7, 11) is 2.15. The van der Waals surface area contributed by atoms with Crippen LogP contribution in [0.4, 0.5) is 0 Å². The number of nitrogens with two attached hydrogens (primary N) is 1. The monoisotopic (exact) mass is 326 g/mol. The van der Waals surface area contributed by atoms with Crippen LogP contribution in [0.1, 0.15) is 17.0 Å². The van der Waals surface area contributed by atoms with Gasteiger partial charge in [-0.1, -0.05) is 78.9 Å². The van der Waals surface area contributed by atoms with Crippen molar-refractivity contribution in [2.75, 3.05) is 6.54 Å². The molecule has 1 aromatic heterocycles. The Bertz CT molecular complexity index is 985. The van der Waals surface area contributed by atoms with E-state index in [1.165, 1.54) is 33.3 Å². The first-order valence-corrected chi connectivity index (χ1v) is 8.69. The maximum absolute atomic E-state index is 6.27. The second kappa shape index (κ2) is 6.58. The number of rotatable bonds is 4. The van der Waals surface area contributed by atoms with Crippen molar-refractivity contribution < 1.29 is 0 Å². The van der Waals surface area contributed by atoms with E-state index < -0.39 is 0 Å². The highest BCUT2D eigenvalue weighted by molar-refractivity contribution is 5.93. The lowest BCUT2D eigenvalue weighted by molar-refractivity contribution is 0.820. The van der Waals surface area contributed by atoms with Crippen molar-refractivity contribution in [1.29, 1.82) is 0 Å². The second-order valence-corrected chi connectivity index (χ2v) is 6.40. The minimum atomic E-state index is 0.169. The van der Waals surface area contributed by atoms with Gasteiger partial charge in [0.2, 0.25) is 0 Å². The summed E-state index contributed by atoms with van der Waals surface area (Å²) in [6.07, 6.45) is 0. The van der Waals surface area contributed by atoms with E-state index >= 15 is 0 Å². The van der Waals surface area contributed by atoms with Gasteiger partial charge in [0.05, 0.1) is 5.69 Å². The first kappa shape index (κ1) is 15.7. The Morgan fingerprint density at radius 1 is 0.800 bits per heavy atom. The van der Waals surface area contributed by atoms with E-state index in [0.717, 1.165) is 0 Å². The number of para-hydroxylation sites is 1.